The number of oxime groups is 1. The molecular weight excluding hydrogens is 465 g/mol. The molecule has 3 heterocycles. The van der Waals surface area contributed by atoms with Crippen LogP contribution in [0.3, 0.4) is 0 Å². The number of rotatable bonds is 6. The highest BCUT2D eigenvalue weighted by molar-refractivity contribution is 9.10. The second kappa shape index (κ2) is 8.21. The lowest BCUT2D eigenvalue weighted by atomic mass is 10.1. The summed E-state index contributed by atoms with van der Waals surface area (Å²) in [6.07, 6.45) is 2.65. The monoisotopic (exact) mass is 477 g/mol. The van der Waals surface area contributed by atoms with Gasteiger partial charge >= 0.3 is 0 Å². The minimum Gasteiger partial charge on any atom is -0.474 e. The second-order valence-corrected chi connectivity index (χ2v) is 7.90. The van der Waals surface area contributed by atoms with Crippen LogP contribution in [0.4, 0.5) is 4.39 Å². The third-order valence-electron chi connectivity index (χ3n) is 3.86. The molecule has 0 spiro atoms. The Morgan fingerprint density at radius 3 is 2.97 bits per heavy atom. The fourth-order valence-corrected chi connectivity index (χ4v) is 4.18. The van der Waals surface area contributed by atoms with Gasteiger partial charge in [0.15, 0.2) is 0 Å². The van der Waals surface area contributed by atoms with Crippen molar-refractivity contribution in [1.29, 1.82) is 0 Å². The van der Waals surface area contributed by atoms with Crippen molar-refractivity contribution in [1.82, 2.24) is 20.2 Å². The van der Waals surface area contributed by atoms with Gasteiger partial charge in [0.1, 0.15) is 18.7 Å². The van der Waals surface area contributed by atoms with Crippen LogP contribution in [0.2, 0.25) is 0 Å². The summed E-state index contributed by atoms with van der Waals surface area (Å²) >= 11 is 5.07. The van der Waals surface area contributed by atoms with Crippen LogP contribution in [0.5, 0.6) is 5.75 Å². The van der Waals surface area contributed by atoms with E-state index in [1.165, 1.54) is 25.8 Å². The van der Waals surface area contributed by atoms with E-state index in [4.69, 9.17) is 9.15 Å². The summed E-state index contributed by atoms with van der Waals surface area (Å²) < 4.78 is 27.3. The van der Waals surface area contributed by atoms with E-state index in [-0.39, 0.29) is 11.5 Å². The molecule has 0 aliphatic heterocycles. The summed E-state index contributed by atoms with van der Waals surface area (Å²) in [5.41, 5.74) is 1.40. The molecule has 1 aromatic carbocycles. The molecule has 11 heteroatoms. The molecule has 8 nitrogen and oxygen atoms in total. The molecule has 0 N–H and O–H groups in total. The van der Waals surface area contributed by atoms with Crippen LogP contribution in [0.1, 0.15) is 28.3 Å². The Kier molecular flexibility index (Phi) is 5.49. The molecule has 1 unspecified atom stereocenters. The molecule has 4 rings (SSSR count). The molecule has 0 amide bonds. The number of nitrogens with zero attached hydrogens (tertiary/aromatic N) is 5. The minimum atomic E-state index is -0.855. The van der Waals surface area contributed by atoms with Crippen LogP contribution < -0.4 is 4.74 Å². The number of halogens is 2. The van der Waals surface area contributed by atoms with Gasteiger partial charge in [0, 0.05) is 10.0 Å². The fourth-order valence-electron chi connectivity index (χ4n) is 2.64. The maximum atomic E-state index is 14.0. The molecule has 3 aromatic heterocycles. The Hall–Kier alpha value is -2.92. The van der Waals surface area contributed by atoms with Crippen LogP contribution in [0.25, 0.3) is 10.2 Å². The predicted molar refractivity (Wildman–Crippen MR) is 108 cm³/mol. The third kappa shape index (κ3) is 4.10. The number of aryl methyl sites for hydroxylation is 1. The van der Waals surface area contributed by atoms with E-state index in [2.05, 4.69) is 46.1 Å². The van der Waals surface area contributed by atoms with Gasteiger partial charge in [0.25, 0.3) is 5.89 Å². The summed E-state index contributed by atoms with van der Waals surface area (Å²) in [5.74, 6) is 0.160. The Balaban J connectivity index is 1.75. The van der Waals surface area contributed by atoms with Gasteiger partial charge < -0.3 is 14.0 Å². The highest BCUT2D eigenvalue weighted by Crippen LogP contribution is 2.35. The van der Waals surface area contributed by atoms with E-state index < -0.39 is 11.9 Å². The zero-order chi connectivity index (χ0) is 20.4. The van der Waals surface area contributed by atoms with Crippen molar-refractivity contribution in [3.8, 4) is 5.75 Å². The number of benzene rings is 1. The Morgan fingerprint density at radius 1 is 1.34 bits per heavy atom. The Bertz CT molecular complexity index is 1180. The highest BCUT2D eigenvalue weighted by atomic mass is 79.9. The van der Waals surface area contributed by atoms with Crippen LogP contribution in [0, 0.1) is 12.7 Å². The van der Waals surface area contributed by atoms with Gasteiger partial charge in [-0.3, -0.25) is 4.98 Å². The molecule has 0 radical (unpaired) electrons. The molecule has 29 heavy (non-hydrogen) atoms. The van der Waals surface area contributed by atoms with E-state index in [0.717, 1.165) is 25.9 Å². The summed E-state index contributed by atoms with van der Waals surface area (Å²) in [7, 11) is 1.37. The van der Waals surface area contributed by atoms with E-state index in [9.17, 15) is 4.39 Å². The lowest BCUT2D eigenvalue weighted by molar-refractivity contribution is 0.203. The molecular formula is C18H13BrFN5O3S. The summed E-state index contributed by atoms with van der Waals surface area (Å²) in [6.45, 7) is 1.93. The SMILES string of the molecule is CO/N=C/c1cc(C(Oc2cc(Br)c3nc(C)sc3c2)c2nnco2)ncc1F. The van der Waals surface area contributed by atoms with E-state index in [1.54, 1.807) is 17.4 Å². The van der Waals surface area contributed by atoms with Crippen molar-refractivity contribution in [2.75, 3.05) is 7.11 Å². The first-order valence-electron chi connectivity index (χ1n) is 8.26. The van der Waals surface area contributed by atoms with Gasteiger partial charge in [-0.05, 0) is 41.1 Å². The number of fused-ring (bicyclic) bond motifs is 1. The number of ether oxygens (including phenoxy) is 1. The molecule has 0 bridgehead atoms. The molecule has 0 aliphatic rings. The predicted octanol–water partition coefficient (Wildman–Crippen LogP) is 4.43. The van der Waals surface area contributed by atoms with E-state index in [1.807, 2.05) is 13.0 Å². The van der Waals surface area contributed by atoms with Gasteiger partial charge in [0.05, 0.1) is 33.3 Å². The first kappa shape index (κ1) is 19.4. The zero-order valence-corrected chi connectivity index (χ0v) is 17.6. The first-order valence-corrected chi connectivity index (χ1v) is 9.87. The van der Waals surface area contributed by atoms with Crippen LogP contribution >= 0.6 is 27.3 Å². The topological polar surface area (TPSA) is 95.5 Å². The lowest BCUT2D eigenvalue weighted by Gasteiger charge is -2.16. The standard InChI is InChI=1S/C18H13BrFN5O3S/c1-9-24-16-12(19)4-11(5-15(16)29-9)28-17(18-25-22-8-27-18)14-3-10(6-23-26-2)13(20)7-21-14/h3-8,17H,1-2H3/b23-6+. The summed E-state index contributed by atoms with van der Waals surface area (Å²) in [4.78, 5) is 13.2. The van der Waals surface area contributed by atoms with Gasteiger partial charge in [-0.1, -0.05) is 5.16 Å². The zero-order valence-electron chi connectivity index (χ0n) is 15.2. The molecule has 148 valence electrons. The lowest BCUT2D eigenvalue weighted by Crippen LogP contribution is -2.13. The smallest absolute Gasteiger partial charge is 0.263 e. The number of hydrogen-bond acceptors (Lipinski definition) is 9. The Labute approximate surface area is 176 Å². The van der Waals surface area contributed by atoms with Crippen molar-refractivity contribution in [2.45, 2.75) is 13.0 Å². The molecule has 0 saturated heterocycles. The van der Waals surface area contributed by atoms with Crippen LogP contribution in [0.15, 0.2) is 44.8 Å². The summed E-state index contributed by atoms with van der Waals surface area (Å²) in [5, 5.41) is 12.2. The van der Waals surface area contributed by atoms with Crippen molar-refractivity contribution >= 4 is 43.7 Å². The quantitative estimate of drug-likeness (QED) is 0.299. The molecule has 0 fully saturated rings. The molecule has 0 saturated carbocycles. The van der Waals surface area contributed by atoms with Crippen molar-refractivity contribution in [3.05, 3.63) is 63.2 Å². The maximum absolute atomic E-state index is 14.0. The first-order chi connectivity index (χ1) is 14.0. The second-order valence-electron chi connectivity index (χ2n) is 5.81. The highest BCUT2D eigenvalue weighted by Gasteiger charge is 2.25. The fraction of sp³-hybridized carbons (Fsp3) is 0.167. The number of aromatic nitrogens is 4. The van der Waals surface area contributed by atoms with Gasteiger partial charge in [-0.25, -0.2) is 9.37 Å². The minimum absolute atomic E-state index is 0.176. The largest absolute Gasteiger partial charge is 0.474 e. The molecule has 1 atom stereocenters. The number of pyridine rings is 1. The molecule has 0 aliphatic carbocycles. The molecule has 4 aromatic rings. The maximum Gasteiger partial charge on any atom is 0.263 e. The van der Waals surface area contributed by atoms with Crippen molar-refractivity contribution in [2.24, 2.45) is 5.16 Å². The number of thiazole rings is 1. The van der Waals surface area contributed by atoms with E-state index >= 15 is 0 Å². The van der Waals surface area contributed by atoms with Gasteiger partial charge in [-0.2, -0.15) is 0 Å². The van der Waals surface area contributed by atoms with Gasteiger partial charge in [-0.15, -0.1) is 21.5 Å². The average molecular weight is 478 g/mol. The average Bonchev–Trinajstić information content (AvgIpc) is 3.35. The van der Waals surface area contributed by atoms with E-state index in [0.29, 0.717) is 11.4 Å². The van der Waals surface area contributed by atoms with Crippen LogP contribution in [-0.2, 0) is 4.84 Å². The summed E-state index contributed by atoms with van der Waals surface area (Å²) in [6, 6.07) is 5.14. The normalized spacial score (nSPS) is 12.6. The van der Waals surface area contributed by atoms with Crippen molar-refractivity contribution in [3.63, 3.8) is 0 Å². The number of hydrogen-bond donors (Lipinski definition) is 0. The Morgan fingerprint density at radius 2 is 2.21 bits per heavy atom. The van der Waals surface area contributed by atoms with Crippen LogP contribution in [-0.4, -0.2) is 33.5 Å². The van der Waals surface area contributed by atoms with Gasteiger partial charge in [0.2, 0.25) is 12.5 Å². The third-order valence-corrected chi connectivity index (χ3v) is 5.38. The van der Waals surface area contributed by atoms with Crippen molar-refractivity contribution < 1.29 is 18.4 Å².